The van der Waals surface area contributed by atoms with Gasteiger partial charge in [0.1, 0.15) is 18.2 Å². The zero-order chi connectivity index (χ0) is 21.7. The molecule has 0 saturated carbocycles. The number of esters is 1. The van der Waals surface area contributed by atoms with Gasteiger partial charge in [-0.1, -0.05) is 12.1 Å². The number of ether oxygens (including phenoxy) is 1. The largest absolute Gasteiger partial charge is 0.454 e. The lowest BCUT2D eigenvalue weighted by atomic mass is 10.2. The highest BCUT2D eigenvalue weighted by Crippen LogP contribution is 2.15. The van der Waals surface area contributed by atoms with Crippen molar-refractivity contribution >= 4 is 11.9 Å². The summed E-state index contributed by atoms with van der Waals surface area (Å²) in [6, 6.07) is 10.9. The first-order chi connectivity index (χ1) is 14.3. The van der Waals surface area contributed by atoms with Crippen molar-refractivity contribution in [1.82, 2.24) is 14.7 Å². The van der Waals surface area contributed by atoms with E-state index in [1.165, 1.54) is 54.4 Å². The summed E-state index contributed by atoms with van der Waals surface area (Å²) in [5, 5.41) is 3.86. The van der Waals surface area contributed by atoms with Crippen LogP contribution in [0.1, 0.15) is 5.56 Å². The van der Waals surface area contributed by atoms with Crippen LogP contribution in [0.25, 0.3) is 11.5 Å². The van der Waals surface area contributed by atoms with Crippen molar-refractivity contribution in [2.75, 3.05) is 13.7 Å². The number of rotatable bonds is 7. The van der Waals surface area contributed by atoms with E-state index in [0.717, 1.165) is 4.68 Å². The van der Waals surface area contributed by atoms with E-state index in [1.54, 1.807) is 6.07 Å². The molecule has 0 unspecified atom stereocenters. The molecule has 0 aliphatic carbocycles. The van der Waals surface area contributed by atoms with Crippen LogP contribution < -0.4 is 5.76 Å². The van der Waals surface area contributed by atoms with Crippen LogP contribution in [0, 0.1) is 11.6 Å². The lowest BCUT2D eigenvalue weighted by molar-refractivity contribution is -0.152. The van der Waals surface area contributed by atoms with Crippen molar-refractivity contribution in [3.8, 4) is 11.5 Å². The molecule has 0 bridgehead atoms. The van der Waals surface area contributed by atoms with Gasteiger partial charge in [-0.05, 0) is 42.0 Å². The van der Waals surface area contributed by atoms with Gasteiger partial charge in [-0.15, -0.1) is 5.10 Å². The number of nitrogens with zero attached hydrogens (tertiary/aromatic N) is 3. The number of hydrogen-bond donors (Lipinski definition) is 0. The van der Waals surface area contributed by atoms with Gasteiger partial charge in [0, 0.05) is 19.2 Å². The molecule has 1 amide bonds. The number of halogens is 2. The van der Waals surface area contributed by atoms with Crippen LogP contribution in [0.4, 0.5) is 8.78 Å². The molecule has 3 aromatic rings. The number of hydrogen-bond acceptors (Lipinski definition) is 6. The van der Waals surface area contributed by atoms with Crippen LogP contribution >= 0.6 is 0 Å². The fourth-order valence-electron chi connectivity index (χ4n) is 2.53. The van der Waals surface area contributed by atoms with Crippen molar-refractivity contribution in [2.45, 2.75) is 13.1 Å². The summed E-state index contributed by atoms with van der Waals surface area (Å²) in [4.78, 5) is 37.2. The molecular formula is C20H17F2N3O5. The second-order valence-electron chi connectivity index (χ2n) is 6.38. The van der Waals surface area contributed by atoms with Crippen molar-refractivity contribution in [1.29, 1.82) is 0 Å². The number of carbonyl (C=O) groups excluding carboxylic acids is 2. The zero-order valence-electron chi connectivity index (χ0n) is 15.9. The molecule has 2 aromatic carbocycles. The maximum atomic E-state index is 13.2. The minimum absolute atomic E-state index is 0.0845. The predicted octanol–water partition coefficient (Wildman–Crippen LogP) is 1.98. The number of amides is 1. The van der Waals surface area contributed by atoms with Crippen LogP contribution in [0.3, 0.4) is 0 Å². The summed E-state index contributed by atoms with van der Waals surface area (Å²) < 4.78 is 36.7. The third-order valence-electron chi connectivity index (χ3n) is 4.07. The van der Waals surface area contributed by atoms with Gasteiger partial charge >= 0.3 is 11.7 Å². The molecule has 0 saturated heterocycles. The Morgan fingerprint density at radius 3 is 2.57 bits per heavy atom. The summed E-state index contributed by atoms with van der Waals surface area (Å²) in [5.41, 5.74) is 0.939. The fourth-order valence-corrected chi connectivity index (χ4v) is 2.53. The quantitative estimate of drug-likeness (QED) is 0.546. The second-order valence-corrected chi connectivity index (χ2v) is 6.38. The van der Waals surface area contributed by atoms with Crippen LogP contribution in [0.5, 0.6) is 0 Å². The van der Waals surface area contributed by atoms with E-state index in [2.05, 4.69) is 5.10 Å². The zero-order valence-corrected chi connectivity index (χ0v) is 15.9. The van der Waals surface area contributed by atoms with Crippen LogP contribution in [0.15, 0.2) is 57.7 Å². The predicted molar refractivity (Wildman–Crippen MR) is 100.0 cm³/mol. The van der Waals surface area contributed by atoms with Crippen molar-refractivity contribution < 1.29 is 27.5 Å². The summed E-state index contributed by atoms with van der Waals surface area (Å²) in [7, 11) is 1.48. The van der Waals surface area contributed by atoms with Crippen LogP contribution in [-0.4, -0.2) is 40.2 Å². The Morgan fingerprint density at radius 1 is 1.13 bits per heavy atom. The maximum Gasteiger partial charge on any atom is 0.437 e. The first-order valence-corrected chi connectivity index (χ1v) is 8.80. The topological polar surface area (TPSA) is 94.6 Å². The third kappa shape index (κ3) is 5.37. The molecule has 156 valence electrons. The van der Waals surface area contributed by atoms with Gasteiger partial charge in [0.25, 0.3) is 5.91 Å². The Labute approximate surface area is 169 Å². The van der Waals surface area contributed by atoms with Gasteiger partial charge in [0.15, 0.2) is 6.61 Å². The maximum absolute atomic E-state index is 13.2. The molecule has 0 atom stereocenters. The molecular weight excluding hydrogens is 400 g/mol. The number of aromatic nitrogens is 2. The summed E-state index contributed by atoms with van der Waals surface area (Å²) >= 11 is 0. The molecule has 0 fully saturated rings. The van der Waals surface area contributed by atoms with Gasteiger partial charge < -0.3 is 14.1 Å². The summed E-state index contributed by atoms with van der Waals surface area (Å²) in [6.45, 7) is -0.982. The molecule has 1 aromatic heterocycles. The smallest absolute Gasteiger partial charge is 0.437 e. The molecule has 0 N–H and O–H groups in total. The number of likely N-dealkylation sites (N-methyl/N-ethyl adjacent to an activating group) is 1. The van der Waals surface area contributed by atoms with Crippen LogP contribution in [-0.2, 0) is 27.4 Å². The van der Waals surface area contributed by atoms with Crippen molar-refractivity contribution in [3.63, 3.8) is 0 Å². The minimum atomic E-state index is -0.902. The molecule has 0 aliphatic rings. The Hall–Kier alpha value is -3.82. The Morgan fingerprint density at radius 2 is 1.87 bits per heavy atom. The SMILES string of the molecule is CN(Cc1cccc(F)c1)C(=O)COC(=O)Cn1nc(-c2ccc(F)cc2)oc1=O. The van der Waals surface area contributed by atoms with E-state index in [4.69, 9.17) is 9.15 Å². The van der Waals surface area contributed by atoms with Gasteiger partial charge in [0.2, 0.25) is 5.89 Å². The van der Waals surface area contributed by atoms with E-state index < -0.39 is 42.4 Å². The normalized spacial score (nSPS) is 10.6. The standard InChI is InChI=1S/C20H17F2N3O5/c1-24(10-13-3-2-4-16(22)9-13)17(26)12-29-18(27)11-25-20(28)30-19(23-25)14-5-7-15(21)8-6-14/h2-9H,10-12H2,1H3. The minimum Gasteiger partial charge on any atom is -0.454 e. The van der Waals surface area contributed by atoms with Crippen molar-refractivity contribution in [2.24, 2.45) is 0 Å². The first-order valence-electron chi connectivity index (χ1n) is 8.80. The Kier molecular flexibility index (Phi) is 6.35. The average Bonchev–Trinajstić information content (AvgIpc) is 3.07. The molecule has 30 heavy (non-hydrogen) atoms. The van der Waals surface area contributed by atoms with E-state index in [-0.39, 0.29) is 12.4 Å². The third-order valence-corrected chi connectivity index (χ3v) is 4.07. The van der Waals surface area contributed by atoms with Crippen LogP contribution in [0.2, 0.25) is 0 Å². The highest BCUT2D eigenvalue weighted by molar-refractivity contribution is 5.80. The van der Waals surface area contributed by atoms with E-state index >= 15 is 0 Å². The van der Waals surface area contributed by atoms with Gasteiger partial charge in [-0.25, -0.2) is 13.6 Å². The van der Waals surface area contributed by atoms with E-state index in [9.17, 15) is 23.2 Å². The monoisotopic (exact) mass is 417 g/mol. The van der Waals surface area contributed by atoms with E-state index in [0.29, 0.717) is 11.1 Å². The number of carbonyl (C=O) groups is 2. The highest BCUT2D eigenvalue weighted by atomic mass is 19.1. The lowest BCUT2D eigenvalue weighted by Crippen LogP contribution is -2.32. The molecule has 1 heterocycles. The second kappa shape index (κ2) is 9.12. The number of benzene rings is 2. The molecule has 0 aliphatic heterocycles. The first kappa shape index (κ1) is 20.9. The molecule has 0 spiro atoms. The average molecular weight is 417 g/mol. The Bertz CT molecular complexity index is 1110. The summed E-state index contributed by atoms with van der Waals surface area (Å²) in [5.74, 6) is -3.25. The molecule has 0 radical (unpaired) electrons. The van der Waals surface area contributed by atoms with Gasteiger partial charge in [-0.2, -0.15) is 4.68 Å². The van der Waals surface area contributed by atoms with E-state index in [1.807, 2.05) is 0 Å². The molecule has 3 rings (SSSR count). The Balaban J connectivity index is 1.53. The fraction of sp³-hybridized carbons (Fsp3) is 0.200. The molecule has 8 nitrogen and oxygen atoms in total. The lowest BCUT2D eigenvalue weighted by Gasteiger charge is -2.17. The van der Waals surface area contributed by atoms with Gasteiger partial charge in [-0.3, -0.25) is 9.59 Å². The van der Waals surface area contributed by atoms with Crippen molar-refractivity contribution in [3.05, 3.63) is 76.3 Å². The molecule has 10 heteroatoms. The summed E-state index contributed by atoms with van der Waals surface area (Å²) in [6.07, 6.45) is 0. The van der Waals surface area contributed by atoms with Gasteiger partial charge in [0.05, 0.1) is 0 Å². The highest BCUT2D eigenvalue weighted by Gasteiger charge is 2.17.